The molecule has 0 radical (unpaired) electrons. The van der Waals surface area contributed by atoms with E-state index in [9.17, 15) is 10.2 Å². The number of aliphatic hydroxyl groups is 2. The number of aliphatic hydroxyl groups excluding tert-OH is 2. The normalized spacial score (nSPS) is 14.1. The maximum atomic E-state index is 9.89. The molecule has 86 valence electrons. The zero-order chi connectivity index (χ0) is 12.0. The Kier molecular flexibility index (Phi) is 4.93. The Morgan fingerprint density at radius 3 is 2.62 bits per heavy atom. The first-order valence-electron chi connectivity index (χ1n) is 5.21. The first-order chi connectivity index (χ1) is 7.70. The second-order valence-corrected chi connectivity index (χ2v) is 3.61. The molecule has 0 amide bonds. The standard InChI is InChI=1S/C12H16N2O2/c13-7-5-9-3-1-2-4-10(9)12(16)11(15)6-8-14/h1-4,11-12,15-16H,5-7,13H2. The van der Waals surface area contributed by atoms with Crippen molar-refractivity contribution in [2.24, 2.45) is 5.73 Å². The van der Waals surface area contributed by atoms with Crippen LogP contribution in [0.15, 0.2) is 24.3 Å². The summed E-state index contributed by atoms with van der Waals surface area (Å²) in [5.41, 5.74) is 7.03. The number of rotatable bonds is 5. The summed E-state index contributed by atoms with van der Waals surface area (Å²) < 4.78 is 0. The molecule has 0 aromatic heterocycles. The van der Waals surface area contributed by atoms with E-state index in [1.54, 1.807) is 12.1 Å². The van der Waals surface area contributed by atoms with Crippen LogP contribution in [0, 0.1) is 11.3 Å². The van der Waals surface area contributed by atoms with Gasteiger partial charge in [-0.15, -0.1) is 0 Å². The second-order valence-electron chi connectivity index (χ2n) is 3.61. The second kappa shape index (κ2) is 6.23. The van der Waals surface area contributed by atoms with Crippen LogP contribution in [-0.2, 0) is 6.42 Å². The molecule has 16 heavy (non-hydrogen) atoms. The molecule has 0 saturated carbocycles. The first-order valence-corrected chi connectivity index (χ1v) is 5.21. The third-order valence-corrected chi connectivity index (χ3v) is 2.45. The largest absolute Gasteiger partial charge is 0.389 e. The van der Waals surface area contributed by atoms with E-state index in [2.05, 4.69) is 0 Å². The van der Waals surface area contributed by atoms with E-state index in [1.165, 1.54) is 0 Å². The van der Waals surface area contributed by atoms with Crippen molar-refractivity contribution >= 4 is 0 Å². The van der Waals surface area contributed by atoms with Gasteiger partial charge in [0, 0.05) is 0 Å². The summed E-state index contributed by atoms with van der Waals surface area (Å²) in [4.78, 5) is 0. The number of hydrogen-bond donors (Lipinski definition) is 3. The van der Waals surface area contributed by atoms with Gasteiger partial charge in [0.1, 0.15) is 6.10 Å². The Balaban J connectivity index is 2.89. The van der Waals surface area contributed by atoms with E-state index < -0.39 is 12.2 Å². The Bertz CT molecular complexity index is 374. The van der Waals surface area contributed by atoms with Crippen molar-refractivity contribution in [2.45, 2.75) is 25.0 Å². The highest BCUT2D eigenvalue weighted by atomic mass is 16.3. The van der Waals surface area contributed by atoms with Crippen LogP contribution in [0.3, 0.4) is 0 Å². The minimum absolute atomic E-state index is 0.0852. The highest BCUT2D eigenvalue weighted by Gasteiger charge is 2.20. The quantitative estimate of drug-likeness (QED) is 0.673. The van der Waals surface area contributed by atoms with Gasteiger partial charge >= 0.3 is 0 Å². The van der Waals surface area contributed by atoms with Crippen LogP contribution in [0.25, 0.3) is 0 Å². The van der Waals surface area contributed by atoms with Crippen molar-refractivity contribution < 1.29 is 10.2 Å². The Morgan fingerprint density at radius 1 is 1.31 bits per heavy atom. The van der Waals surface area contributed by atoms with Crippen LogP contribution in [0.1, 0.15) is 23.7 Å². The maximum Gasteiger partial charge on any atom is 0.106 e. The number of nitrogens with zero attached hydrogens (tertiary/aromatic N) is 1. The molecule has 4 N–H and O–H groups in total. The third kappa shape index (κ3) is 3.04. The minimum atomic E-state index is -1.05. The summed E-state index contributed by atoms with van der Waals surface area (Å²) in [6.45, 7) is 0.484. The SMILES string of the molecule is N#CCC(O)C(O)c1ccccc1CCN. The molecule has 0 spiro atoms. The Morgan fingerprint density at radius 2 is 2.00 bits per heavy atom. The number of benzene rings is 1. The molecule has 4 nitrogen and oxygen atoms in total. The number of nitriles is 1. The Hall–Kier alpha value is -1.41. The summed E-state index contributed by atoms with van der Waals surface area (Å²) >= 11 is 0. The third-order valence-electron chi connectivity index (χ3n) is 2.45. The van der Waals surface area contributed by atoms with E-state index in [0.29, 0.717) is 18.5 Å². The lowest BCUT2D eigenvalue weighted by Crippen LogP contribution is -2.19. The molecule has 1 rings (SSSR count). The highest BCUT2D eigenvalue weighted by molar-refractivity contribution is 5.30. The molecule has 0 bridgehead atoms. The minimum Gasteiger partial charge on any atom is -0.389 e. The molecule has 0 aliphatic rings. The lowest BCUT2D eigenvalue weighted by molar-refractivity contribution is 0.0211. The van der Waals surface area contributed by atoms with Gasteiger partial charge in [0.25, 0.3) is 0 Å². The van der Waals surface area contributed by atoms with Gasteiger partial charge in [-0.2, -0.15) is 5.26 Å². The lowest BCUT2D eigenvalue weighted by atomic mass is 9.96. The molecule has 0 saturated heterocycles. The van der Waals surface area contributed by atoms with Crippen LogP contribution >= 0.6 is 0 Å². The zero-order valence-corrected chi connectivity index (χ0v) is 9.00. The molecule has 2 unspecified atom stereocenters. The van der Waals surface area contributed by atoms with Crippen LogP contribution < -0.4 is 5.73 Å². The average molecular weight is 220 g/mol. The van der Waals surface area contributed by atoms with Gasteiger partial charge in [-0.3, -0.25) is 0 Å². The van der Waals surface area contributed by atoms with Gasteiger partial charge in [-0.05, 0) is 24.1 Å². The predicted molar refractivity (Wildman–Crippen MR) is 60.4 cm³/mol. The van der Waals surface area contributed by atoms with Gasteiger partial charge in [0.15, 0.2) is 0 Å². The van der Waals surface area contributed by atoms with Crippen LogP contribution in [0.5, 0.6) is 0 Å². The molecule has 1 aromatic carbocycles. The molecule has 0 aliphatic heterocycles. The number of nitrogens with two attached hydrogens (primary N) is 1. The number of hydrogen-bond acceptors (Lipinski definition) is 4. The van der Waals surface area contributed by atoms with Crippen molar-refractivity contribution in [3.05, 3.63) is 35.4 Å². The predicted octanol–water partition coefficient (Wildman–Crippen LogP) is 0.496. The van der Waals surface area contributed by atoms with Gasteiger partial charge in [-0.25, -0.2) is 0 Å². The van der Waals surface area contributed by atoms with Gasteiger partial charge < -0.3 is 15.9 Å². The highest BCUT2D eigenvalue weighted by Crippen LogP contribution is 2.22. The summed E-state index contributed by atoms with van der Waals surface area (Å²) in [6, 6.07) is 9.10. The van der Waals surface area contributed by atoms with Crippen molar-refractivity contribution in [3.8, 4) is 6.07 Å². The molecule has 4 heteroatoms. The van der Waals surface area contributed by atoms with Gasteiger partial charge in [-0.1, -0.05) is 24.3 Å². The van der Waals surface area contributed by atoms with Crippen molar-refractivity contribution in [1.29, 1.82) is 5.26 Å². The molecule has 0 heterocycles. The van der Waals surface area contributed by atoms with Crippen LogP contribution in [-0.4, -0.2) is 22.9 Å². The Labute approximate surface area is 94.9 Å². The smallest absolute Gasteiger partial charge is 0.106 e. The van der Waals surface area contributed by atoms with Crippen molar-refractivity contribution in [3.63, 3.8) is 0 Å². The fraction of sp³-hybridized carbons (Fsp3) is 0.417. The molecule has 0 aliphatic carbocycles. The fourth-order valence-electron chi connectivity index (χ4n) is 1.62. The molecule has 2 atom stereocenters. The van der Waals surface area contributed by atoms with Crippen molar-refractivity contribution in [2.75, 3.05) is 6.54 Å². The average Bonchev–Trinajstić information content (AvgIpc) is 2.29. The van der Waals surface area contributed by atoms with Gasteiger partial charge in [0.05, 0.1) is 18.6 Å². The van der Waals surface area contributed by atoms with Gasteiger partial charge in [0.2, 0.25) is 0 Å². The van der Waals surface area contributed by atoms with E-state index in [-0.39, 0.29) is 6.42 Å². The summed E-state index contributed by atoms with van der Waals surface area (Å²) in [6.07, 6.45) is -1.52. The summed E-state index contributed by atoms with van der Waals surface area (Å²) in [5.74, 6) is 0. The summed E-state index contributed by atoms with van der Waals surface area (Å²) in [7, 11) is 0. The zero-order valence-electron chi connectivity index (χ0n) is 9.00. The monoisotopic (exact) mass is 220 g/mol. The molecule has 1 aromatic rings. The molecule has 0 fully saturated rings. The van der Waals surface area contributed by atoms with E-state index in [0.717, 1.165) is 5.56 Å². The maximum absolute atomic E-state index is 9.89. The molecular weight excluding hydrogens is 204 g/mol. The first kappa shape index (κ1) is 12.7. The fourth-order valence-corrected chi connectivity index (χ4v) is 1.62. The topological polar surface area (TPSA) is 90.3 Å². The molecular formula is C12H16N2O2. The van der Waals surface area contributed by atoms with E-state index in [4.69, 9.17) is 11.0 Å². The lowest BCUT2D eigenvalue weighted by Gasteiger charge is -2.18. The van der Waals surface area contributed by atoms with E-state index in [1.807, 2.05) is 18.2 Å². The van der Waals surface area contributed by atoms with Crippen LogP contribution in [0.2, 0.25) is 0 Å². The van der Waals surface area contributed by atoms with Crippen LogP contribution in [0.4, 0.5) is 0 Å². The van der Waals surface area contributed by atoms with E-state index >= 15 is 0 Å². The summed E-state index contributed by atoms with van der Waals surface area (Å²) in [5, 5.41) is 27.9. The van der Waals surface area contributed by atoms with Crippen molar-refractivity contribution in [1.82, 2.24) is 0 Å².